The van der Waals surface area contributed by atoms with Crippen molar-refractivity contribution in [3.8, 4) is 0 Å². The molecule has 5 heteroatoms. The van der Waals surface area contributed by atoms with Crippen LogP contribution in [0.4, 0.5) is 4.79 Å². The number of urea groups is 1. The molecule has 0 aromatic carbocycles. The van der Waals surface area contributed by atoms with Crippen LogP contribution in [-0.4, -0.2) is 29.2 Å². The molecule has 0 heterocycles. The Bertz CT molecular complexity index is 250. The van der Waals surface area contributed by atoms with Crippen molar-refractivity contribution in [2.45, 2.75) is 59.0 Å². The summed E-state index contributed by atoms with van der Waals surface area (Å²) in [4.78, 5) is 22.5. The normalized spacial score (nSPS) is 12.6. The van der Waals surface area contributed by atoms with Gasteiger partial charge in [0.1, 0.15) is 6.04 Å². The van der Waals surface area contributed by atoms with Gasteiger partial charge in [0.15, 0.2) is 0 Å². The molecule has 3 N–H and O–H groups in total. The summed E-state index contributed by atoms with van der Waals surface area (Å²) in [6.45, 7) is 7.82. The van der Waals surface area contributed by atoms with Gasteiger partial charge in [-0.15, -0.1) is 0 Å². The topological polar surface area (TPSA) is 78.4 Å². The highest BCUT2D eigenvalue weighted by Gasteiger charge is 2.21. The summed E-state index contributed by atoms with van der Waals surface area (Å²) >= 11 is 0. The summed E-state index contributed by atoms with van der Waals surface area (Å²) in [7, 11) is 0. The number of carboxylic acids is 1. The summed E-state index contributed by atoms with van der Waals surface area (Å²) in [5.41, 5.74) is 0. The fourth-order valence-corrected chi connectivity index (χ4v) is 1.57. The molecule has 0 spiro atoms. The molecule has 0 aromatic heterocycles. The zero-order valence-electron chi connectivity index (χ0n) is 11.1. The summed E-state index contributed by atoms with van der Waals surface area (Å²) in [5.74, 6) is -0.761. The van der Waals surface area contributed by atoms with Crippen LogP contribution >= 0.6 is 0 Å². The number of hydrogen-bond donors (Lipinski definition) is 3. The van der Waals surface area contributed by atoms with Crippen molar-refractivity contribution >= 4 is 12.0 Å². The Hall–Kier alpha value is -1.26. The number of hydrogen-bond acceptors (Lipinski definition) is 2. The van der Waals surface area contributed by atoms with Crippen LogP contribution in [0.15, 0.2) is 0 Å². The van der Waals surface area contributed by atoms with E-state index in [1.165, 1.54) is 0 Å². The SMILES string of the molecule is CCC(CC)NC(=O)NC(CC(C)C)C(=O)O. The fraction of sp³-hybridized carbons (Fsp3) is 0.833. The smallest absolute Gasteiger partial charge is 0.326 e. The Morgan fingerprint density at radius 2 is 1.65 bits per heavy atom. The molecule has 0 aliphatic heterocycles. The molecule has 2 amide bonds. The van der Waals surface area contributed by atoms with Crippen molar-refractivity contribution in [1.82, 2.24) is 10.6 Å². The average Bonchev–Trinajstić information content (AvgIpc) is 2.24. The first-order valence-electron chi connectivity index (χ1n) is 6.20. The Kier molecular flexibility index (Phi) is 7.34. The molecule has 0 aromatic rings. The predicted octanol–water partition coefficient (Wildman–Crippen LogP) is 1.97. The maximum absolute atomic E-state index is 11.6. The van der Waals surface area contributed by atoms with Crippen LogP contribution in [0.25, 0.3) is 0 Å². The van der Waals surface area contributed by atoms with E-state index in [1.54, 1.807) is 0 Å². The quantitative estimate of drug-likeness (QED) is 0.640. The minimum absolute atomic E-state index is 0.100. The second-order valence-corrected chi connectivity index (χ2v) is 4.65. The Labute approximate surface area is 103 Å². The lowest BCUT2D eigenvalue weighted by atomic mass is 10.0. The van der Waals surface area contributed by atoms with Gasteiger partial charge in [0.25, 0.3) is 0 Å². The average molecular weight is 244 g/mol. The highest BCUT2D eigenvalue weighted by atomic mass is 16.4. The zero-order valence-corrected chi connectivity index (χ0v) is 11.1. The largest absolute Gasteiger partial charge is 0.480 e. The molecular formula is C12H24N2O3. The summed E-state index contributed by atoms with van der Waals surface area (Å²) in [6, 6.07) is -1.11. The molecule has 0 aliphatic rings. The Balaban J connectivity index is 4.25. The van der Waals surface area contributed by atoms with Gasteiger partial charge >= 0.3 is 12.0 Å². The third-order valence-electron chi connectivity index (χ3n) is 2.63. The fourth-order valence-electron chi connectivity index (χ4n) is 1.57. The molecule has 17 heavy (non-hydrogen) atoms. The van der Waals surface area contributed by atoms with Crippen molar-refractivity contribution in [1.29, 1.82) is 0 Å². The van der Waals surface area contributed by atoms with Crippen molar-refractivity contribution in [3.05, 3.63) is 0 Å². The molecule has 0 aliphatic carbocycles. The molecule has 1 unspecified atom stereocenters. The molecule has 100 valence electrons. The Morgan fingerprint density at radius 3 is 2.00 bits per heavy atom. The lowest BCUT2D eigenvalue weighted by Crippen LogP contribution is -2.49. The van der Waals surface area contributed by atoms with Gasteiger partial charge in [-0.1, -0.05) is 27.7 Å². The van der Waals surface area contributed by atoms with Gasteiger partial charge in [-0.2, -0.15) is 0 Å². The maximum atomic E-state index is 11.6. The van der Waals surface area contributed by atoms with Crippen molar-refractivity contribution in [3.63, 3.8) is 0 Å². The van der Waals surface area contributed by atoms with E-state index in [4.69, 9.17) is 5.11 Å². The van der Waals surface area contributed by atoms with E-state index in [0.29, 0.717) is 6.42 Å². The van der Waals surface area contributed by atoms with Crippen LogP contribution in [0.3, 0.4) is 0 Å². The molecule has 1 atom stereocenters. The first-order valence-corrected chi connectivity index (χ1v) is 6.20. The molecule has 0 rings (SSSR count). The van der Waals surface area contributed by atoms with E-state index < -0.39 is 18.0 Å². The predicted molar refractivity (Wildman–Crippen MR) is 66.9 cm³/mol. The summed E-state index contributed by atoms with van der Waals surface area (Å²) in [5, 5.41) is 14.2. The van der Waals surface area contributed by atoms with Crippen LogP contribution in [0.2, 0.25) is 0 Å². The Morgan fingerprint density at radius 1 is 1.12 bits per heavy atom. The molecular weight excluding hydrogens is 220 g/mol. The van der Waals surface area contributed by atoms with E-state index in [0.717, 1.165) is 12.8 Å². The third-order valence-corrected chi connectivity index (χ3v) is 2.63. The van der Waals surface area contributed by atoms with E-state index in [-0.39, 0.29) is 12.0 Å². The van der Waals surface area contributed by atoms with E-state index in [1.807, 2.05) is 27.7 Å². The molecule has 0 saturated carbocycles. The lowest BCUT2D eigenvalue weighted by molar-refractivity contribution is -0.139. The summed E-state index contributed by atoms with van der Waals surface area (Å²) in [6.07, 6.45) is 2.11. The second kappa shape index (κ2) is 7.92. The van der Waals surface area contributed by atoms with E-state index in [2.05, 4.69) is 10.6 Å². The number of nitrogens with one attached hydrogen (secondary N) is 2. The van der Waals surface area contributed by atoms with Gasteiger partial charge < -0.3 is 15.7 Å². The first kappa shape index (κ1) is 15.7. The molecule has 0 saturated heterocycles. The number of amides is 2. The highest BCUT2D eigenvalue weighted by Crippen LogP contribution is 2.05. The van der Waals surface area contributed by atoms with Crippen LogP contribution < -0.4 is 10.6 Å². The van der Waals surface area contributed by atoms with Gasteiger partial charge in [-0.25, -0.2) is 9.59 Å². The number of carbonyl (C=O) groups excluding carboxylic acids is 1. The zero-order chi connectivity index (χ0) is 13.4. The molecule has 0 fully saturated rings. The van der Waals surface area contributed by atoms with Gasteiger partial charge in [-0.05, 0) is 25.2 Å². The monoisotopic (exact) mass is 244 g/mol. The van der Waals surface area contributed by atoms with Crippen molar-refractivity contribution in [2.24, 2.45) is 5.92 Å². The van der Waals surface area contributed by atoms with Gasteiger partial charge in [0, 0.05) is 6.04 Å². The molecule has 5 nitrogen and oxygen atoms in total. The van der Waals surface area contributed by atoms with Crippen molar-refractivity contribution in [2.75, 3.05) is 0 Å². The highest BCUT2D eigenvalue weighted by molar-refractivity contribution is 5.82. The molecule has 0 bridgehead atoms. The number of rotatable bonds is 7. The molecule has 0 radical (unpaired) electrons. The van der Waals surface area contributed by atoms with Crippen LogP contribution in [0.1, 0.15) is 47.0 Å². The number of carbonyl (C=O) groups is 2. The standard InChI is InChI=1S/C12H24N2O3/c1-5-9(6-2)13-12(17)14-10(11(15)16)7-8(3)4/h8-10H,5-7H2,1-4H3,(H,15,16)(H2,13,14,17). The van der Waals surface area contributed by atoms with Crippen LogP contribution in [0.5, 0.6) is 0 Å². The third kappa shape index (κ3) is 6.81. The minimum Gasteiger partial charge on any atom is -0.480 e. The van der Waals surface area contributed by atoms with Gasteiger partial charge in [-0.3, -0.25) is 0 Å². The first-order chi connectivity index (χ1) is 7.90. The van der Waals surface area contributed by atoms with Crippen molar-refractivity contribution < 1.29 is 14.7 Å². The van der Waals surface area contributed by atoms with Crippen LogP contribution in [-0.2, 0) is 4.79 Å². The summed E-state index contributed by atoms with van der Waals surface area (Å²) < 4.78 is 0. The minimum atomic E-state index is -0.988. The lowest BCUT2D eigenvalue weighted by Gasteiger charge is -2.20. The van der Waals surface area contributed by atoms with E-state index in [9.17, 15) is 9.59 Å². The maximum Gasteiger partial charge on any atom is 0.326 e. The van der Waals surface area contributed by atoms with E-state index >= 15 is 0 Å². The number of aliphatic carboxylic acids is 1. The van der Waals surface area contributed by atoms with Gasteiger partial charge in [0.2, 0.25) is 0 Å². The van der Waals surface area contributed by atoms with Crippen LogP contribution in [0, 0.1) is 5.92 Å². The van der Waals surface area contributed by atoms with Gasteiger partial charge in [0.05, 0.1) is 0 Å². The number of carboxylic acid groups (broad SMARTS) is 1. The second-order valence-electron chi connectivity index (χ2n) is 4.65.